The highest BCUT2D eigenvalue weighted by Crippen LogP contribution is 2.25. The van der Waals surface area contributed by atoms with Crippen LogP contribution in [0.4, 0.5) is 14.9 Å². The van der Waals surface area contributed by atoms with Gasteiger partial charge in [-0.15, -0.1) is 0 Å². The van der Waals surface area contributed by atoms with Crippen molar-refractivity contribution < 1.29 is 23.9 Å². The van der Waals surface area contributed by atoms with Crippen molar-refractivity contribution in [3.05, 3.63) is 69.7 Å². The maximum Gasteiger partial charge on any atom is 0.405 e. The molecule has 4 N–H and O–H groups in total. The van der Waals surface area contributed by atoms with Crippen LogP contribution in [-0.4, -0.2) is 62.6 Å². The number of hydrogen-bond acceptors (Lipinski definition) is 5. The van der Waals surface area contributed by atoms with E-state index in [0.717, 1.165) is 0 Å². The van der Waals surface area contributed by atoms with E-state index in [2.05, 4.69) is 20.6 Å². The van der Waals surface area contributed by atoms with Gasteiger partial charge < -0.3 is 30.2 Å². The van der Waals surface area contributed by atoms with Crippen molar-refractivity contribution in [2.75, 3.05) is 19.4 Å². The Bertz CT molecular complexity index is 1490. The van der Waals surface area contributed by atoms with Gasteiger partial charge in [0.1, 0.15) is 17.5 Å². The zero-order chi connectivity index (χ0) is 29.6. The monoisotopic (exact) mass is 554 g/mol. The van der Waals surface area contributed by atoms with Gasteiger partial charge in [-0.3, -0.25) is 14.4 Å². The summed E-state index contributed by atoms with van der Waals surface area (Å²) in [6.07, 6.45) is 3.91. The topological polar surface area (TPSA) is 149 Å². The number of hydrogen-bond donors (Lipinski definition) is 4. The lowest BCUT2D eigenvalue weighted by molar-refractivity contribution is -0.123. The lowest BCUT2D eigenvalue weighted by Gasteiger charge is -2.16. The highest BCUT2D eigenvalue weighted by Gasteiger charge is 2.22. The van der Waals surface area contributed by atoms with Crippen molar-refractivity contribution in [2.45, 2.75) is 52.6 Å². The van der Waals surface area contributed by atoms with Crippen LogP contribution < -0.4 is 16.2 Å². The summed E-state index contributed by atoms with van der Waals surface area (Å²) in [7, 11) is 3.20. The van der Waals surface area contributed by atoms with E-state index in [0.29, 0.717) is 34.4 Å². The molecule has 0 spiro atoms. The third kappa shape index (κ3) is 7.55. The number of likely N-dealkylation sites (N-methyl/N-ethyl adjacent to an activating group) is 1. The van der Waals surface area contributed by atoms with Crippen LogP contribution in [0.25, 0.3) is 11.0 Å². The first kappa shape index (κ1) is 30.1. The Hall–Kier alpha value is -4.48. The van der Waals surface area contributed by atoms with Gasteiger partial charge >= 0.3 is 6.09 Å². The molecular weight excluding hydrogens is 519 g/mol. The van der Waals surface area contributed by atoms with Gasteiger partial charge in [-0.2, -0.15) is 0 Å². The third-order valence-electron chi connectivity index (χ3n) is 6.19. The van der Waals surface area contributed by atoms with Gasteiger partial charge in [0, 0.05) is 31.5 Å². The molecule has 3 aromatic rings. The number of carbonyl (C=O) groups is 3. The number of halogens is 1. The number of aryl methyl sites for hydroxylation is 1. The summed E-state index contributed by atoms with van der Waals surface area (Å²) < 4.78 is 16.2. The van der Waals surface area contributed by atoms with E-state index in [9.17, 15) is 28.7 Å². The fraction of sp³-hybridized carbons (Fsp3) is 0.393. The SMILES string of the molecule is Cc1nc2cc(Cn3cccc(NC(=O)C(CCC=CC(=O)N(C)C)NC(=O)O)c3=O)[nH]c2c(CC(C)C)c1F. The smallest absolute Gasteiger partial charge is 0.405 e. The predicted octanol–water partition coefficient (Wildman–Crippen LogP) is 3.42. The van der Waals surface area contributed by atoms with E-state index in [1.54, 1.807) is 45.4 Å². The summed E-state index contributed by atoms with van der Waals surface area (Å²) >= 11 is 0. The summed E-state index contributed by atoms with van der Waals surface area (Å²) in [5, 5.41) is 13.8. The van der Waals surface area contributed by atoms with E-state index >= 15 is 0 Å². The Labute approximate surface area is 231 Å². The number of aromatic nitrogens is 3. The molecule has 214 valence electrons. The van der Waals surface area contributed by atoms with Crippen LogP contribution in [0.1, 0.15) is 43.6 Å². The summed E-state index contributed by atoms with van der Waals surface area (Å²) in [5.41, 5.74) is 2.15. The molecule has 0 saturated carbocycles. The predicted molar refractivity (Wildman–Crippen MR) is 150 cm³/mol. The zero-order valence-electron chi connectivity index (χ0n) is 23.2. The molecule has 0 aromatic carbocycles. The largest absolute Gasteiger partial charge is 0.465 e. The van der Waals surface area contributed by atoms with Crippen molar-refractivity contribution >= 4 is 34.6 Å². The van der Waals surface area contributed by atoms with Crippen molar-refractivity contribution in [1.29, 1.82) is 0 Å². The van der Waals surface area contributed by atoms with Gasteiger partial charge in [-0.1, -0.05) is 19.9 Å². The Morgan fingerprint density at radius 2 is 2.00 bits per heavy atom. The number of fused-ring (bicyclic) bond motifs is 1. The number of nitrogens with one attached hydrogen (secondary N) is 3. The first-order valence-corrected chi connectivity index (χ1v) is 12.9. The van der Waals surface area contributed by atoms with Crippen molar-refractivity contribution in [3.8, 4) is 0 Å². The normalized spacial score (nSPS) is 12.2. The second kappa shape index (κ2) is 13.0. The molecule has 0 aliphatic carbocycles. The molecule has 3 rings (SSSR count). The number of aromatic amines is 1. The minimum Gasteiger partial charge on any atom is -0.465 e. The van der Waals surface area contributed by atoms with Crippen molar-refractivity contribution in [2.24, 2.45) is 5.92 Å². The van der Waals surface area contributed by atoms with Gasteiger partial charge in [0.25, 0.3) is 5.56 Å². The number of anilines is 1. The Balaban J connectivity index is 1.79. The molecule has 3 amide bonds. The highest BCUT2D eigenvalue weighted by atomic mass is 19.1. The van der Waals surface area contributed by atoms with Crippen molar-refractivity contribution in [1.82, 2.24) is 24.8 Å². The van der Waals surface area contributed by atoms with E-state index in [1.807, 2.05) is 13.8 Å². The number of nitrogens with zero attached hydrogens (tertiary/aromatic N) is 3. The maximum atomic E-state index is 14.8. The number of allylic oxidation sites excluding steroid dienone is 1. The first-order chi connectivity index (χ1) is 18.9. The molecule has 3 heterocycles. The second-order valence-electron chi connectivity index (χ2n) is 10.2. The number of H-pyrrole nitrogens is 1. The summed E-state index contributed by atoms with van der Waals surface area (Å²) in [5.74, 6) is -1.06. The number of carboxylic acid groups (broad SMARTS) is 1. The average Bonchev–Trinajstić information content (AvgIpc) is 3.27. The number of pyridine rings is 2. The minimum atomic E-state index is -1.39. The molecule has 0 aliphatic rings. The molecule has 0 bridgehead atoms. The quantitative estimate of drug-likeness (QED) is 0.267. The maximum absolute atomic E-state index is 14.8. The second-order valence-corrected chi connectivity index (χ2v) is 10.2. The van der Waals surface area contributed by atoms with Gasteiger partial charge in [0.15, 0.2) is 0 Å². The van der Waals surface area contributed by atoms with E-state index in [1.165, 1.54) is 21.6 Å². The van der Waals surface area contributed by atoms with Crippen LogP contribution in [0.5, 0.6) is 0 Å². The van der Waals surface area contributed by atoms with Crippen LogP contribution >= 0.6 is 0 Å². The molecule has 0 saturated heterocycles. The summed E-state index contributed by atoms with van der Waals surface area (Å²) in [6, 6.07) is 3.63. The molecular formula is C28H35FN6O5. The van der Waals surface area contributed by atoms with Gasteiger partial charge in [0.2, 0.25) is 11.8 Å². The Morgan fingerprint density at radius 1 is 1.27 bits per heavy atom. The van der Waals surface area contributed by atoms with Crippen LogP contribution in [0, 0.1) is 18.7 Å². The molecule has 1 atom stereocenters. The lowest BCUT2D eigenvalue weighted by atomic mass is 10.0. The Kier molecular flexibility index (Phi) is 9.81. The number of amides is 3. The number of carbonyl (C=O) groups excluding carboxylic acids is 2. The lowest BCUT2D eigenvalue weighted by Crippen LogP contribution is -2.44. The first-order valence-electron chi connectivity index (χ1n) is 12.9. The molecule has 3 aromatic heterocycles. The molecule has 0 radical (unpaired) electrons. The van der Waals surface area contributed by atoms with Crippen LogP contribution in [0.2, 0.25) is 0 Å². The molecule has 1 unspecified atom stereocenters. The van der Waals surface area contributed by atoms with Gasteiger partial charge in [-0.05, 0) is 56.4 Å². The molecule has 12 heteroatoms. The van der Waals surface area contributed by atoms with Gasteiger partial charge in [-0.25, -0.2) is 14.2 Å². The summed E-state index contributed by atoms with van der Waals surface area (Å²) in [4.78, 5) is 57.9. The third-order valence-corrected chi connectivity index (χ3v) is 6.19. The minimum absolute atomic E-state index is 0.0281. The highest BCUT2D eigenvalue weighted by molar-refractivity contribution is 5.96. The fourth-order valence-electron chi connectivity index (χ4n) is 4.23. The van der Waals surface area contributed by atoms with Crippen molar-refractivity contribution in [3.63, 3.8) is 0 Å². The Morgan fingerprint density at radius 3 is 2.65 bits per heavy atom. The van der Waals surface area contributed by atoms with Crippen LogP contribution in [-0.2, 0) is 22.6 Å². The molecule has 11 nitrogen and oxygen atoms in total. The average molecular weight is 555 g/mol. The summed E-state index contributed by atoms with van der Waals surface area (Å²) in [6.45, 7) is 5.74. The van der Waals surface area contributed by atoms with E-state index < -0.39 is 23.6 Å². The van der Waals surface area contributed by atoms with Crippen LogP contribution in [0.3, 0.4) is 0 Å². The molecule has 0 aliphatic heterocycles. The fourth-order valence-corrected chi connectivity index (χ4v) is 4.23. The van der Waals surface area contributed by atoms with Gasteiger partial charge in [0.05, 0.1) is 23.3 Å². The van der Waals surface area contributed by atoms with E-state index in [4.69, 9.17) is 0 Å². The molecule has 40 heavy (non-hydrogen) atoms. The zero-order valence-corrected chi connectivity index (χ0v) is 23.2. The number of rotatable bonds is 11. The van der Waals surface area contributed by atoms with Crippen LogP contribution in [0.15, 0.2) is 41.3 Å². The standard InChI is InChI=1S/C28H35FN6O5/c1-16(2)13-19-24(29)17(3)30-22-14-18(31-25(19)22)15-35-12-8-10-21(27(35)38)32-26(37)20(33-28(39)40)9-6-7-11-23(36)34(4)5/h7-8,10-12,14,16,20,31,33H,6,9,13,15H2,1-5H3,(H,32,37)(H,39,40). The molecule has 0 fully saturated rings. The van der Waals surface area contributed by atoms with E-state index in [-0.39, 0.29) is 42.7 Å².